The Morgan fingerprint density at radius 2 is 1.03 bits per heavy atom. The molecule has 0 aromatic carbocycles. The number of esters is 1. The Morgan fingerprint density at radius 1 is 0.667 bits per heavy atom. The second-order valence-corrected chi connectivity index (χ2v) is 5.36. The van der Waals surface area contributed by atoms with Crippen molar-refractivity contribution in [2.45, 2.75) is 48.1 Å². The van der Waals surface area contributed by atoms with Crippen molar-refractivity contribution in [2.75, 3.05) is 6.61 Å². The molecule has 0 fully saturated rings. The molecule has 17 heteroatoms. The summed E-state index contributed by atoms with van der Waals surface area (Å²) in [5, 5.41) is 0. The monoisotopic (exact) mass is 481 g/mol. The van der Waals surface area contributed by atoms with E-state index in [1.807, 2.05) is 0 Å². The molecule has 0 aliphatic heterocycles. The number of ether oxygens (including phenoxy) is 1. The molecule has 0 bridgehead atoms. The molecule has 0 saturated heterocycles. The van der Waals surface area contributed by atoms with Crippen LogP contribution in [0.2, 0.25) is 0 Å². The van der Waals surface area contributed by atoms with Gasteiger partial charge in [-0.15, -0.1) is 0 Å². The molecule has 1 radical (unpaired) electrons. The zero-order chi connectivity index (χ0) is 24.6. The summed E-state index contributed by atoms with van der Waals surface area (Å²) >= 11 is 0. The van der Waals surface area contributed by atoms with Crippen LogP contribution in [-0.2, 0) is 9.53 Å². The zero-order valence-corrected chi connectivity index (χ0v) is 13.8. The Labute approximate surface area is 156 Å². The number of carbonyl (C=O) groups excluding carboxylic acids is 1. The van der Waals surface area contributed by atoms with E-state index < -0.39 is 67.1 Å². The third kappa shape index (κ3) is 4.29. The van der Waals surface area contributed by atoms with Gasteiger partial charge in [-0.3, -0.25) is 0 Å². The molecule has 0 spiro atoms. The van der Waals surface area contributed by atoms with E-state index in [1.54, 1.807) is 0 Å². The molecule has 177 valence electrons. The predicted octanol–water partition coefficient (Wildman–Crippen LogP) is 5.68. The normalized spacial score (nSPS) is 15.2. The molecule has 0 aromatic heterocycles. The highest BCUT2D eigenvalue weighted by molar-refractivity contribution is 5.81. The number of hydrogen-bond acceptors (Lipinski definition) is 2. The first kappa shape index (κ1) is 28.2. The van der Waals surface area contributed by atoms with Crippen molar-refractivity contribution in [3.63, 3.8) is 0 Å². The molecule has 0 aromatic rings. The lowest BCUT2D eigenvalue weighted by Gasteiger charge is -2.41. The Balaban J connectivity index is 5.99. The van der Waals surface area contributed by atoms with Crippen LogP contribution in [0.5, 0.6) is 0 Å². The molecule has 0 saturated carbocycles. The molecule has 0 N–H and O–H groups in total. The minimum absolute atomic E-state index is 0.421. The van der Waals surface area contributed by atoms with Gasteiger partial charge in [0.25, 0.3) is 0 Å². The summed E-state index contributed by atoms with van der Waals surface area (Å²) in [6.07, 6.45) is -10.0. The Kier molecular flexibility index (Phi) is 7.52. The maximum Gasteiger partial charge on any atom is 0.460 e. The molecule has 30 heavy (non-hydrogen) atoms. The Bertz CT molecular complexity index is 635. The second-order valence-electron chi connectivity index (χ2n) is 5.36. The summed E-state index contributed by atoms with van der Waals surface area (Å²) in [5.74, 6) is -48.2. The molecule has 2 nitrogen and oxygen atoms in total. The van der Waals surface area contributed by atoms with Gasteiger partial charge in [-0.1, -0.05) is 6.58 Å². The van der Waals surface area contributed by atoms with Crippen LogP contribution < -0.4 is 0 Å². The molecule has 0 amide bonds. The highest BCUT2D eigenvalue weighted by atomic mass is 19.4. The van der Waals surface area contributed by atoms with Gasteiger partial charge in [0.05, 0.1) is 6.61 Å². The average Bonchev–Trinajstić information content (AvgIpc) is 2.56. The van der Waals surface area contributed by atoms with Crippen LogP contribution in [0.4, 0.5) is 65.9 Å². The highest BCUT2D eigenvalue weighted by Crippen LogP contribution is 2.62. The number of halogens is 15. The summed E-state index contributed by atoms with van der Waals surface area (Å²) in [7, 11) is 0. The van der Waals surface area contributed by atoms with Crippen molar-refractivity contribution in [3.05, 3.63) is 19.1 Å². The number of hydrogen-bond donors (Lipinski definition) is 0. The number of rotatable bonds is 10. The van der Waals surface area contributed by atoms with Crippen LogP contribution >= 0.6 is 0 Å². The first-order valence-electron chi connectivity index (χ1n) is 6.93. The van der Waals surface area contributed by atoms with Crippen molar-refractivity contribution in [2.24, 2.45) is 0 Å². The minimum Gasteiger partial charge on any atom is -0.463 e. The third-order valence-corrected chi connectivity index (χ3v) is 3.28. The van der Waals surface area contributed by atoms with Gasteiger partial charge >= 0.3 is 47.7 Å². The van der Waals surface area contributed by atoms with Crippen LogP contribution in [0.25, 0.3) is 0 Å². The molecule has 0 heterocycles. The second kappa shape index (κ2) is 8.01. The average molecular weight is 481 g/mol. The van der Waals surface area contributed by atoms with Crippen LogP contribution in [0, 0.1) is 6.42 Å². The summed E-state index contributed by atoms with van der Waals surface area (Å²) < 4.78 is 197. The molecular weight excluding hydrogens is 473 g/mol. The van der Waals surface area contributed by atoms with Gasteiger partial charge in [-0.25, -0.2) is 4.79 Å². The number of alkyl halides is 15. The van der Waals surface area contributed by atoms with Crippen molar-refractivity contribution in [3.8, 4) is 0 Å². The Hall–Kier alpha value is -1.84. The van der Waals surface area contributed by atoms with Crippen molar-refractivity contribution in [1.29, 1.82) is 0 Å². The minimum atomic E-state index is -8.32. The van der Waals surface area contributed by atoms with E-state index in [2.05, 4.69) is 11.3 Å². The van der Waals surface area contributed by atoms with Crippen LogP contribution in [-0.4, -0.2) is 54.3 Å². The summed E-state index contributed by atoms with van der Waals surface area (Å²) in [5.41, 5.74) is 0. The highest BCUT2D eigenvalue weighted by Gasteiger charge is 2.93. The summed E-state index contributed by atoms with van der Waals surface area (Å²) in [4.78, 5) is 10.6. The smallest absolute Gasteiger partial charge is 0.460 e. The van der Waals surface area contributed by atoms with E-state index in [0.29, 0.717) is 6.08 Å². The van der Waals surface area contributed by atoms with Gasteiger partial charge < -0.3 is 4.74 Å². The van der Waals surface area contributed by atoms with E-state index in [9.17, 15) is 70.7 Å². The quantitative estimate of drug-likeness (QED) is 0.174. The van der Waals surface area contributed by atoms with E-state index >= 15 is 0 Å². The first-order chi connectivity index (χ1) is 13.0. The fourth-order valence-electron chi connectivity index (χ4n) is 1.57. The SMILES string of the molecule is C=CC(=O)OCC[CH]C(F)(F)C(F)(F)C(F)(F)C(F)(F)C(F)(F)C(F)(F)C(F)(F)F. The van der Waals surface area contributed by atoms with Gasteiger partial charge in [0.2, 0.25) is 0 Å². The Morgan fingerprint density at radius 3 is 1.40 bits per heavy atom. The van der Waals surface area contributed by atoms with Crippen molar-refractivity contribution < 1.29 is 75.4 Å². The maximum atomic E-state index is 13.3. The third-order valence-electron chi connectivity index (χ3n) is 3.28. The standard InChI is InChI=1S/C13H8F15O2/c1-2-6(29)30-5-3-4-7(14,15)8(16,17)9(18,19)10(20,21)11(22,23)12(24,25)13(26,27)28/h2,4H,1,3,5H2. The lowest BCUT2D eigenvalue weighted by atomic mass is 9.90. The fourth-order valence-corrected chi connectivity index (χ4v) is 1.57. The van der Waals surface area contributed by atoms with Crippen LogP contribution in [0.15, 0.2) is 12.7 Å². The molecule has 0 atom stereocenters. The predicted molar refractivity (Wildman–Crippen MR) is 65.8 cm³/mol. The summed E-state index contributed by atoms with van der Waals surface area (Å²) in [6, 6.07) is 0. The van der Waals surface area contributed by atoms with Gasteiger partial charge in [-0.05, 0) is 6.42 Å². The van der Waals surface area contributed by atoms with Gasteiger partial charge in [0.15, 0.2) is 0 Å². The topological polar surface area (TPSA) is 26.3 Å². The molecule has 0 rings (SSSR count). The first-order valence-corrected chi connectivity index (χ1v) is 6.93. The van der Waals surface area contributed by atoms with Gasteiger partial charge in [0.1, 0.15) is 0 Å². The maximum absolute atomic E-state index is 13.3. The lowest BCUT2D eigenvalue weighted by molar-refractivity contribution is -0.450. The largest absolute Gasteiger partial charge is 0.463 e. The van der Waals surface area contributed by atoms with Crippen LogP contribution in [0.1, 0.15) is 6.42 Å². The number of carbonyl (C=O) groups is 1. The molecular formula is C13H8F15O2. The van der Waals surface area contributed by atoms with Crippen LogP contribution in [0.3, 0.4) is 0 Å². The van der Waals surface area contributed by atoms with Crippen molar-refractivity contribution >= 4 is 5.97 Å². The van der Waals surface area contributed by atoms with Crippen molar-refractivity contribution in [1.82, 2.24) is 0 Å². The van der Waals surface area contributed by atoms with Gasteiger partial charge in [0, 0.05) is 12.5 Å². The molecule has 0 unspecified atom stereocenters. The fraction of sp³-hybridized carbons (Fsp3) is 0.692. The lowest BCUT2D eigenvalue weighted by Crippen LogP contribution is -2.72. The van der Waals surface area contributed by atoms with E-state index in [4.69, 9.17) is 0 Å². The zero-order valence-electron chi connectivity index (χ0n) is 13.8. The molecule has 0 aliphatic rings. The van der Waals surface area contributed by atoms with Gasteiger partial charge in [-0.2, -0.15) is 65.9 Å². The van der Waals surface area contributed by atoms with E-state index in [-0.39, 0.29) is 0 Å². The molecule has 0 aliphatic carbocycles. The van der Waals surface area contributed by atoms with E-state index in [0.717, 1.165) is 0 Å². The van der Waals surface area contributed by atoms with E-state index in [1.165, 1.54) is 0 Å². The summed E-state index contributed by atoms with van der Waals surface area (Å²) in [6.45, 7) is 1.54.